The molecule has 0 spiro atoms. The van der Waals surface area contributed by atoms with Gasteiger partial charge in [0.25, 0.3) is 0 Å². The Morgan fingerprint density at radius 3 is 3.42 bits per heavy atom. The Balaban J connectivity index is 2.19. The van der Waals surface area contributed by atoms with Gasteiger partial charge in [0.05, 0.1) is 12.3 Å². The number of furan rings is 1. The van der Waals surface area contributed by atoms with Gasteiger partial charge in [0.2, 0.25) is 0 Å². The zero-order valence-electron chi connectivity index (χ0n) is 7.47. The SMILES string of the molecule is CCCC1NCCc2ccoc21. The third-order valence-electron chi connectivity index (χ3n) is 2.46. The largest absolute Gasteiger partial charge is 0.467 e. The molecule has 0 amide bonds. The summed E-state index contributed by atoms with van der Waals surface area (Å²) < 4.78 is 5.46. The lowest BCUT2D eigenvalue weighted by atomic mass is 10.00. The van der Waals surface area contributed by atoms with E-state index < -0.39 is 0 Å². The van der Waals surface area contributed by atoms with E-state index in [2.05, 4.69) is 18.3 Å². The summed E-state index contributed by atoms with van der Waals surface area (Å²) in [5.41, 5.74) is 1.40. The topological polar surface area (TPSA) is 25.2 Å². The number of fused-ring (bicyclic) bond motifs is 1. The Kier molecular flexibility index (Phi) is 2.17. The molecule has 0 aliphatic carbocycles. The predicted octanol–water partition coefficient (Wildman–Crippen LogP) is 2.27. The minimum atomic E-state index is 0.466. The van der Waals surface area contributed by atoms with Gasteiger partial charge in [-0.05, 0) is 31.0 Å². The van der Waals surface area contributed by atoms with Crippen LogP contribution in [0.25, 0.3) is 0 Å². The van der Waals surface area contributed by atoms with E-state index in [1.54, 1.807) is 6.26 Å². The number of hydrogen-bond donors (Lipinski definition) is 1. The predicted molar refractivity (Wildman–Crippen MR) is 48.1 cm³/mol. The summed E-state index contributed by atoms with van der Waals surface area (Å²) in [6.45, 7) is 3.30. The highest BCUT2D eigenvalue weighted by molar-refractivity contribution is 5.23. The van der Waals surface area contributed by atoms with E-state index in [4.69, 9.17) is 4.42 Å². The zero-order chi connectivity index (χ0) is 8.39. The van der Waals surface area contributed by atoms with Crippen molar-refractivity contribution >= 4 is 0 Å². The highest BCUT2D eigenvalue weighted by Gasteiger charge is 2.21. The van der Waals surface area contributed by atoms with Crippen LogP contribution < -0.4 is 5.32 Å². The molecule has 1 aliphatic rings. The molecule has 2 nitrogen and oxygen atoms in total. The Hall–Kier alpha value is -0.760. The van der Waals surface area contributed by atoms with Gasteiger partial charge in [0, 0.05) is 0 Å². The van der Waals surface area contributed by atoms with Crippen LogP contribution in [0.15, 0.2) is 16.7 Å². The van der Waals surface area contributed by atoms with E-state index in [0.29, 0.717) is 6.04 Å². The van der Waals surface area contributed by atoms with Crippen LogP contribution in [0.4, 0.5) is 0 Å². The van der Waals surface area contributed by atoms with Crippen molar-refractivity contribution in [3.8, 4) is 0 Å². The highest BCUT2D eigenvalue weighted by Crippen LogP contribution is 2.26. The van der Waals surface area contributed by atoms with Crippen LogP contribution in [-0.4, -0.2) is 6.54 Å². The Labute approximate surface area is 73.0 Å². The minimum Gasteiger partial charge on any atom is -0.467 e. The fourth-order valence-electron chi connectivity index (χ4n) is 1.86. The molecule has 0 fully saturated rings. The van der Waals surface area contributed by atoms with Gasteiger partial charge in [-0.3, -0.25) is 0 Å². The molecular formula is C10H15NO. The van der Waals surface area contributed by atoms with Crippen LogP contribution >= 0.6 is 0 Å². The molecule has 1 aromatic heterocycles. The quantitative estimate of drug-likeness (QED) is 0.727. The first kappa shape index (κ1) is 7.87. The number of nitrogens with one attached hydrogen (secondary N) is 1. The van der Waals surface area contributed by atoms with Crippen LogP contribution in [0.1, 0.15) is 37.1 Å². The van der Waals surface area contributed by atoms with E-state index in [-0.39, 0.29) is 0 Å². The van der Waals surface area contributed by atoms with E-state index in [0.717, 1.165) is 13.0 Å². The molecule has 2 heteroatoms. The van der Waals surface area contributed by atoms with Crippen molar-refractivity contribution in [3.63, 3.8) is 0 Å². The second-order valence-corrected chi connectivity index (χ2v) is 3.36. The molecule has 2 heterocycles. The van der Waals surface area contributed by atoms with Crippen molar-refractivity contribution in [3.05, 3.63) is 23.7 Å². The van der Waals surface area contributed by atoms with Gasteiger partial charge in [-0.25, -0.2) is 0 Å². The number of hydrogen-bond acceptors (Lipinski definition) is 2. The molecular weight excluding hydrogens is 150 g/mol. The van der Waals surface area contributed by atoms with Crippen molar-refractivity contribution in [2.45, 2.75) is 32.2 Å². The second-order valence-electron chi connectivity index (χ2n) is 3.36. The minimum absolute atomic E-state index is 0.466. The summed E-state index contributed by atoms with van der Waals surface area (Å²) in [5.74, 6) is 1.17. The molecule has 2 rings (SSSR count). The molecule has 0 saturated carbocycles. The van der Waals surface area contributed by atoms with Crippen LogP contribution in [0.3, 0.4) is 0 Å². The van der Waals surface area contributed by atoms with Crippen molar-refractivity contribution < 1.29 is 4.42 Å². The van der Waals surface area contributed by atoms with Gasteiger partial charge in [-0.15, -0.1) is 0 Å². The molecule has 0 radical (unpaired) electrons. The first-order valence-electron chi connectivity index (χ1n) is 4.71. The second kappa shape index (κ2) is 3.31. The summed E-state index contributed by atoms with van der Waals surface area (Å²) in [6, 6.07) is 2.56. The van der Waals surface area contributed by atoms with E-state index in [1.807, 2.05) is 0 Å². The molecule has 1 aliphatic heterocycles. The Morgan fingerprint density at radius 2 is 2.58 bits per heavy atom. The van der Waals surface area contributed by atoms with Gasteiger partial charge in [0.1, 0.15) is 5.76 Å². The van der Waals surface area contributed by atoms with E-state index in [1.165, 1.54) is 24.2 Å². The average Bonchev–Trinajstić information content (AvgIpc) is 2.53. The fraction of sp³-hybridized carbons (Fsp3) is 0.600. The summed E-state index contributed by atoms with van der Waals surface area (Å²) in [7, 11) is 0. The molecule has 1 N–H and O–H groups in total. The first-order valence-corrected chi connectivity index (χ1v) is 4.71. The molecule has 0 bridgehead atoms. The highest BCUT2D eigenvalue weighted by atomic mass is 16.3. The van der Waals surface area contributed by atoms with Crippen LogP contribution in [0.2, 0.25) is 0 Å². The molecule has 1 aromatic rings. The summed E-state index contributed by atoms with van der Waals surface area (Å²) in [4.78, 5) is 0. The summed E-state index contributed by atoms with van der Waals surface area (Å²) in [6.07, 6.45) is 5.31. The third-order valence-corrected chi connectivity index (χ3v) is 2.46. The van der Waals surface area contributed by atoms with Crippen molar-refractivity contribution in [2.75, 3.05) is 6.54 Å². The van der Waals surface area contributed by atoms with Crippen LogP contribution in [0.5, 0.6) is 0 Å². The van der Waals surface area contributed by atoms with Gasteiger partial charge >= 0.3 is 0 Å². The summed E-state index contributed by atoms with van der Waals surface area (Å²) in [5, 5.41) is 3.47. The number of rotatable bonds is 2. The average molecular weight is 165 g/mol. The molecule has 0 aromatic carbocycles. The van der Waals surface area contributed by atoms with Crippen molar-refractivity contribution in [2.24, 2.45) is 0 Å². The lowest BCUT2D eigenvalue weighted by Crippen LogP contribution is -2.28. The van der Waals surface area contributed by atoms with E-state index in [9.17, 15) is 0 Å². The lowest BCUT2D eigenvalue weighted by Gasteiger charge is -2.21. The van der Waals surface area contributed by atoms with Crippen LogP contribution in [-0.2, 0) is 6.42 Å². The van der Waals surface area contributed by atoms with Gasteiger partial charge in [-0.2, -0.15) is 0 Å². The zero-order valence-corrected chi connectivity index (χ0v) is 7.47. The normalized spacial score (nSPS) is 22.2. The molecule has 12 heavy (non-hydrogen) atoms. The Bertz CT molecular complexity index is 254. The third kappa shape index (κ3) is 1.27. The monoisotopic (exact) mass is 165 g/mol. The van der Waals surface area contributed by atoms with E-state index >= 15 is 0 Å². The lowest BCUT2D eigenvalue weighted by molar-refractivity contribution is 0.373. The Morgan fingerprint density at radius 1 is 1.67 bits per heavy atom. The standard InChI is InChI=1S/C10H15NO/c1-2-3-9-10-8(4-6-11-9)5-7-12-10/h5,7,9,11H,2-4,6H2,1H3. The van der Waals surface area contributed by atoms with Crippen LogP contribution in [0, 0.1) is 0 Å². The van der Waals surface area contributed by atoms with Gasteiger partial charge in [-0.1, -0.05) is 13.3 Å². The molecule has 1 atom stereocenters. The maximum Gasteiger partial charge on any atom is 0.123 e. The van der Waals surface area contributed by atoms with Gasteiger partial charge in [0.15, 0.2) is 0 Å². The van der Waals surface area contributed by atoms with Gasteiger partial charge < -0.3 is 9.73 Å². The molecule has 1 unspecified atom stereocenters. The smallest absolute Gasteiger partial charge is 0.123 e. The van der Waals surface area contributed by atoms with Crippen molar-refractivity contribution in [1.29, 1.82) is 0 Å². The van der Waals surface area contributed by atoms with Crippen molar-refractivity contribution in [1.82, 2.24) is 5.32 Å². The summed E-state index contributed by atoms with van der Waals surface area (Å²) >= 11 is 0. The fourth-order valence-corrected chi connectivity index (χ4v) is 1.86. The maximum absolute atomic E-state index is 5.46. The first-order chi connectivity index (χ1) is 5.92. The molecule has 66 valence electrons. The molecule has 0 saturated heterocycles. The maximum atomic E-state index is 5.46.